The Morgan fingerprint density at radius 3 is 1.57 bits per heavy atom. The first-order valence-electron chi connectivity index (χ1n) is 6.26. The van der Waals surface area contributed by atoms with Gasteiger partial charge in [-0.25, -0.2) is 0 Å². The van der Waals surface area contributed by atoms with Gasteiger partial charge in [0.1, 0.15) is 0 Å². The second-order valence-electron chi connectivity index (χ2n) is 5.12. The maximum Gasteiger partial charge on any atom is 0.00962 e. The van der Waals surface area contributed by atoms with E-state index in [9.17, 15) is 0 Å². The summed E-state index contributed by atoms with van der Waals surface area (Å²) in [5.41, 5.74) is 0. The highest BCUT2D eigenvalue weighted by molar-refractivity contribution is 4.88. The van der Waals surface area contributed by atoms with Crippen LogP contribution in [-0.2, 0) is 0 Å². The molecule has 2 saturated heterocycles. The molecule has 0 unspecified atom stereocenters. The average molecular weight is 196 g/mol. The molecule has 0 radical (unpaired) electrons. The number of hydrogen-bond donors (Lipinski definition) is 2. The van der Waals surface area contributed by atoms with Crippen LogP contribution in [0.4, 0.5) is 0 Å². The number of nitrogens with one attached hydrogen (secondary N) is 2. The first-order valence-corrected chi connectivity index (χ1v) is 6.26. The molecule has 2 heterocycles. The lowest BCUT2D eigenvalue weighted by atomic mass is 9.82. The standard InChI is InChI=1S/C12H24N2/c1-9(11-5-3-7-13-11)10(2)12-6-4-8-14-12/h9-14H,3-8H2,1-2H3/t9-,10-,11-,12-/m0/s1. The molecule has 0 amide bonds. The van der Waals surface area contributed by atoms with Crippen LogP contribution in [0.3, 0.4) is 0 Å². The van der Waals surface area contributed by atoms with Crippen molar-refractivity contribution in [2.45, 2.75) is 51.6 Å². The van der Waals surface area contributed by atoms with Crippen LogP contribution in [0.15, 0.2) is 0 Å². The second-order valence-corrected chi connectivity index (χ2v) is 5.12. The summed E-state index contributed by atoms with van der Waals surface area (Å²) in [5, 5.41) is 7.27. The Morgan fingerprint density at radius 2 is 1.29 bits per heavy atom. The Labute approximate surface area is 87.8 Å². The van der Waals surface area contributed by atoms with Gasteiger partial charge in [0.2, 0.25) is 0 Å². The van der Waals surface area contributed by atoms with Crippen molar-refractivity contribution < 1.29 is 0 Å². The molecule has 14 heavy (non-hydrogen) atoms. The maximum atomic E-state index is 3.63. The van der Waals surface area contributed by atoms with Gasteiger partial charge in [-0.05, 0) is 50.6 Å². The van der Waals surface area contributed by atoms with Crippen molar-refractivity contribution in [3.63, 3.8) is 0 Å². The van der Waals surface area contributed by atoms with Crippen molar-refractivity contribution in [1.29, 1.82) is 0 Å². The molecule has 2 rings (SSSR count). The van der Waals surface area contributed by atoms with Crippen LogP contribution in [0.25, 0.3) is 0 Å². The van der Waals surface area contributed by atoms with Gasteiger partial charge in [0.05, 0.1) is 0 Å². The van der Waals surface area contributed by atoms with Crippen molar-refractivity contribution in [1.82, 2.24) is 10.6 Å². The van der Waals surface area contributed by atoms with Crippen molar-refractivity contribution in [3.8, 4) is 0 Å². The molecule has 0 spiro atoms. The monoisotopic (exact) mass is 196 g/mol. The normalized spacial score (nSPS) is 37.3. The Morgan fingerprint density at radius 1 is 0.857 bits per heavy atom. The van der Waals surface area contributed by atoms with Crippen molar-refractivity contribution in [3.05, 3.63) is 0 Å². The van der Waals surface area contributed by atoms with Crippen LogP contribution in [0, 0.1) is 11.8 Å². The van der Waals surface area contributed by atoms with E-state index in [1.165, 1.54) is 38.8 Å². The van der Waals surface area contributed by atoms with Crippen LogP contribution < -0.4 is 10.6 Å². The molecule has 2 nitrogen and oxygen atoms in total. The van der Waals surface area contributed by atoms with Crippen LogP contribution in [0.1, 0.15) is 39.5 Å². The van der Waals surface area contributed by atoms with Crippen LogP contribution >= 0.6 is 0 Å². The average Bonchev–Trinajstić information content (AvgIpc) is 2.87. The van der Waals surface area contributed by atoms with Gasteiger partial charge in [0.15, 0.2) is 0 Å². The molecule has 2 aliphatic heterocycles. The predicted octanol–water partition coefficient (Wildman–Crippen LogP) is 1.76. The summed E-state index contributed by atoms with van der Waals surface area (Å²) in [4.78, 5) is 0. The third-order valence-electron chi connectivity index (χ3n) is 4.30. The molecule has 2 heteroatoms. The van der Waals surface area contributed by atoms with E-state index in [4.69, 9.17) is 0 Å². The van der Waals surface area contributed by atoms with Gasteiger partial charge in [-0.15, -0.1) is 0 Å². The summed E-state index contributed by atoms with van der Waals surface area (Å²) < 4.78 is 0. The van der Waals surface area contributed by atoms with E-state index < -0.39 is 0 Å². The van der Waals surface area contributed by atoms with Crippen molar-refractivity contribution >= 4 is 0 Å². The zero-order valence-electron chi connectivity index (χ0n) is 9.55. The third kappa shape index (κ3) is 2.12. The molecule has 0 aromatic rings. The highest BCUT2D eigenvalue weighted by Gasteiger charge is 2.31. The lowest BCUT2D eigenvalue weighted by Crippen LogP contribution is -2.40. The lowest BCUT2D eigenvalue weighted by Gasteiger charge is -2.30. The summed E-state index contributed by atoms with van der Waals surface area (Å²) in [6, 6.07) is 1.57. The van der Waals surface area contributed by atoms with Gasteiger partial charge in [0, 0.05) is 12.1 Å². The summed E-state index contributed by atoms with van der Waals surface area (Å²) in [6.07, 6.45) is 5.52. The first kappa shape index (κ1) is 10.4. The van der Waals surface area contributed by atoms with Crippen molar-refractivity contribution in [2.24, 2.45) is 11.8 Å². The second kappa shape index (κ2) is 4.63. The quantitative estimate of drug-likeness (QED) is 0.719. The number of hydrogen-bond acceptors (Lipinski definition) is 2. The van der Waals surface area contributed by atoms with Gasteiger partial charge in [-0.1, -0.05) is 13.8 Å². The molecule has 0 aliphatic carbocycles. The molecule has 4 atom stereocenters. The molecular formula is C12H24N2. The molecule has 2 aliphatic rings. The van der Waals surface area contributed by atoms with E-state index >= 15 is 0 Å². The SMILES string of the molecule is C[C@@H]([C@H](C)[C@@H]1CCCN1)[C@@H]1CCCN1. The first-order chi connectivity index (χ1) is 6.79. The molecule has 0 saturated carbocycles. The van der Waals surface area contributed by atoms with E-state index in [1.54, 1.807) is 0 Å². The van der Waals surface area contributed by atoms with Crippen LogP contribution in [0.2, 0.25) is 0 Å². The Bertz CT molecular complexity index is 149. The molecule has 0 bridgehead atoms. The van der Waals surface area contributed by atoms with E-state index in [0.29, 0.717) is 0 Å². The van der Waals surface area contributed by atoms with Gasteiger partial charge < -0.3 is 10.6 Å². The minimum Gasteiger partial charge on any atom is -0.314 e. The maximum absolute atomic E-state index is 3.63. The highest BCUT2D eigenvalue weighted by atomic mass is 15.0. The molecule has 2 fully saturated rings. The van der Waals surface area contributed by atoms with Crippen LogP contribution in [0.5, 0.6) is 0 Å². The van der Waals surface area contributed by atoms with E-state index in [0.717, 1.165) is 23.9 Å². The minimum absolute atomic E-state index is 0.785. The molecule has 0 aromatic carbocycles. The molecular weight excluding hydrogens is 172 g/mol. The van der Waals surface area contributed by atoms with E-state index in [1.807, 2.05) is 0 Å². The number of rotatable bonds is 3. The van der Waals surface area contributed by atoms with Gasteiger partial charge in [-0.2, -0.15) is 0 Å². The highest BCUT2D eigenvalue weighted by Crippen LogP contribution is 2.27. The topological polar surface area (TPSA) is 24.1 Å². The van der Waals surface area contributed by atoms with Gasteiger partial charge >= 0.3 is 0 Å². The minimum atomic E-state index is 0.785. The molecule has 82 valence electrons. The Kier molecular flexibility index (Phi) is 3.45. The molecule has 2 N–H and O–H groups in total. The third-order valence-corrected chi connectivity index (χ3v) is 4.30. The zero-order valence-corrected chi connectivity index (χ0v) is 9.55. The summed E-state index contributed by atoms with van der Waals surface area (Å²) in [5.74, 6) is 1.65. The van der Waals surface area contributed by atoms with E-state index in [-0.39, 0.29) is 0 Å². The molecule has 0 aromatic heterocycles. The van der Waals surface area contributed by atoms with Crippen LogP contribution in [-0.4, -0.2) is 25.2 Å². The smallest absolute Gasteiger partial charge is 0.00962 e. The Balaban J connectivity index is 1.85. The van der Waals surface area contributed by atoms with Gasteiger partial charge in [0.25, 0.3) is 0 Å². The predicted molar refractivity (Wildman–Crippen MR) is 60.4 cm³/mol. The van der Waals surface area contributed by atoms with E-state index in [2.05, 4.69) is 24.5 Å². The summed E-state index contributed by atoms with van der Waals surface area (Å²) in [7, 11) is 0. The largest absolute Gasteiger partial charge is 0.314 e. The fourth-order valence-corrected chi connectivity index (χ4v) is 3.05. The summed E-state index contributed by atoms with van der Waals surface area (Å²) >= 11 is 0. The van der Waals surface area contributed by atoms with Gasteiger partial charge in [-0.3, -0.25) is 0 Å². The summed E-state index contributed by atoms with van der Waals surface area (Å²) in [6.45, 7) is 7.32. The Hall–Kier alpha value is -0.0800. The fourth-order valence-electron chi connectivity index (χ4n) is 3.05. The lowest BCUT2D eigenvalue weighted by molar-refractivity contribution is 0.252. The zero-order chi connectivity index (χ0) is 9.97. The fraction of sp³-hybridized carbons (Fsp3) is 1.00. The van der Waals surface area contributed by atoms with Crippen molar-refractivity contribution in [2.75, 3.05) is 13.1 Å².